The van der Waals surface area contributed by atoms with E-state index in [-0.39, 0.29) is 24.1 Å². The molecule has 0 heterocycles. The summed E-state index contributed by atoms with van der Waals surface area (Å²) in [5, 5.41) is 3.58. The van der Waals surface area contributed by atoms with Crippen molar-refractivity contribution in [2.45, 2.75) is 25.3 Å². The lowest BCUT2D eigenvalue weighted by Crippen LogP contribution is -2.47. The number of likely N-dealkylation sites (N-methyl/N-ethyl adjacent to an activating group) is 1. The van der Waals surface area contributed by atoms with E-state index in [9.17, 15) is 9.59 Å². The summed E-state index contributed by atoms with van der Waals surface area (Å²) in [6, 6.07) is 12.2. The Morgan fingerprint density at radius 2 is 1.86 bits per heavy atom. The van der Waals surface area contributed by atoms with Gasteiger partial charge in [0.05, 0.1) is 12.9 Å². The molecule has 1 N–H and O–H groups in total. The Hall–Kier alpha value is -1.89. The van der Waals surface area contributed by atoms with Crippen LogP contribution < -0.4 is 10.1 Å². The van der Waals surface area contributed by atoms with E-state index in [0.717, 1.165) is 16.9 Å². The number of carbonyl (C=O) groups excluding carboxylic acids is 2. The van der Waals surface area contributed by atoms with Crippen LogP contribution >= 0.6 is 35.0 Å². The van der Waals surface area contributed by atoms with Crippen molar-refractivity contribution in [1.82, 2.24) is 10.2 Å². The molecule has 5 nitrogen and oxygen atoms in total. The summed E-state index contributed by atoms with van der Waals surface area (Å²) in [4.78, 5) is 26.6. The highest BCUT2D eigenvalue weighted by atomic mass is 35.5. The molecule has 2 aromatic carbocycles. The molecule has 0 saturated carbocycles. The SMILES string of the molecule is CNC(=O)[C@H](C)N(Cc1ccc(Cl)cc1Cl)C(=O)CSCc1ccc(OC)cc1. The molecule has 0 aliphatic rings. The molecular weight excluding hydrogens is 431 g/mol. The van der Waals surface area contributed by atoms with Crippen LogP contribution in [0.1, 0.15) is 18.1 Å². The van der Waals surface area contributed by atoms with Gasteiger partial charge in [0.15, 0.2) is 0 Å². The van der Waals surface area contributed by atoms with Crippen LogP contribution in [0.4, 0.5) is 0 Å². The smallest absolute Gasteiger partial charge is 0.242 e. The van der Waals surface area contributed by atoms with E-state index in [2.05, 4.69) is 5.32 Å². The third kappa shape index (κ3) is 6.84. The number of carbonyl (C=O) groups is 2. The van der Waals surface area contributed by atoms with Gasteiger partial charge >= 0.3 is 0 Å². The minimum absolute atomic E-state index is 0.134. The Morgan fingerprint density at radius 3 is 2.45 bits per heavy atom. The topological polar surface area (TPSA) is 58.6 Å². The molecule has 0 saturated heterocycles. The zero-order valence-electron chi connectivity index (χ0n) is 16.6. The first kappa shape index (κ1) is 23.4. The van der Waals surface area contributed by atoms with Crippen molar-refractivity contribution < 1.29 is 14.3 Å². The van der Waals surface area contributed by atoms with Crippen LogP contribution in [0.2, 0.25) is 10.0 Å². The van der Waals surface area contributed by atoms with E-state index in [1.54, 1.807) is 39.3 Å². The molecule has 2 rings (SSSR count). The molecule has 2 aromatic rings. The molecule has 2 amide bonds. The number of halogens is 2. The van der Waals surface area contributed by atoms with Gasteiger partial charge in [-0.2, -0.15) is 0 Å². The van der Waals surface area contributed by atoms with Crippen molar-refractivity contribution >= 4 is 46.8 Å². The van der Waals surface area contributed by atoms with Crippen LogP contribution in [0.25, 0.3) is 0 Å². The van der Waals surface area contributed by atoms with Crippen molar-refractivity contribution in [3.63, 3.8) is 0 Å². The van der Waals surface area contributed by atoms with E-state index in [4.69, 9.17) is 27.9 Å². The summed E-state index contributed by atoms with van der Waals surface area (Å²) >= 11 is 13.7. The third-order valence-corrected chi connectivity index (χ3v) is 6.00. The molecule has 0 aliphatic carbocycles. The van der Waals surface area contributed by atoms with Gasteiger partial charge in [-0.25, -0.2) is 0 Å². The van der Waals surface area contributed by atoms with Gasteiger partial charge in [-0.05, 0) is 42.3 Å². The fourth-order valence-electron chi connectivity index (χ4n) is 2.69. The Labute approximate surface area is 185 Å². The van der Waals surface area contributed by atoms with E-state index in [1.165, 1.54) is 16.7 Å². The minimum atomic E-state index is -0.624. The summed E-state index contributed by atoms with van der Waals surface area (Å²) in [6.07, 6.45) is 0. The van der Waals surface area contributed by atoms with Crippen LogP contribution in [0, 0.1) is 0 Å². The lowest BCUT2D eigenvalue weighted by atomic mass is 10.1. The van der Waals surface area contributed by atoms with E-state index in [0.29, 0.717) is 15.8 Å². The highest BCUT2D eigenvalue weighted by molar-refractivity contribution is 7.99. The second kappa shape index (κ2) is 11.3. The number of amides is 2. The van der Waals surface area contributed by atoms with Gasteiger partial charge < -0.3 is 15.0 Å². The Morgan fingerprint density at radius 1 is 1.17 bits per heavy atom. The number of thioether (sulfide) groups is 1. The van der Waals surface area contributed by atoms with Crippen LogP contribution in [0.5, 0.6) is 5.75 Å². The maximum absolute atomic E-state index is 12.9. The van der Waals surface area contributed by atoms with Crippen LogP contribution in [0.15, 0.2) is 42.5 Å². The van der Waals surface area contributed by atoms with Gasteiger partial charge in [-0.15, -0.1) is 11.8 Å². The minimum Gasteiger partial charge on any atom is -0.497 e. The third-order valence-electron chi connectivity index (χ3n) is 4.42. The molecule has 0 aromatic heterocycles. The highest BCUT2D eigenvalue weighted by Gasteiger charge is 2.26. The average Bonchev–Trinajstić information content (AvgIpc) is 2.72. The van der Waals surface area contributed by atoms with Gasteiger partial charge in [-0.3, -0.25) is 9.59 Å². The Kier molecular flexibility index (Phi) is 9.14. The van der Waals surface area contributed by atoms with Gasteiger partial charge in [0, 0.05) is 29.4 Å². The van der Waals surface area contributed by atoms with E-state index < -0.39 is 6.04 Å². The van der Waals surface area contributed by atoms with Crippen LogP contribution in [0.3, 0.4) is 0 Å². The highest BCUT2D eigenvalue weighted by Crippen LogP contribution is 2.24. The van der Waals surface area contributed by atoms with Gasteiger partial charge in [-0.1, -0.05) is 41.4 Å². The summed E-state index contributed by atoms with van der Waals surface area (Å²) in [5.74, 6) is 1.35. The Balaban J connectivity index is 2.06. The largest absolute Gasteiger partial charge is 0.497 e. The lowest BCUT2D eigenvalue weighted by Gasteiger charge is -2.28. The van der Waals surface area contributed by atoms with Crippen molar-refractivity contribution in [1.29, 1.82) is 0 Å². The zero-order chi connectivity index (χ0) is 21.4. The molecule has 0 unspecified atom stereocenters. The molecule has 0 bridgehead atoms. The van der Waals surface area contributed by atoms with Crippen molar-refractivity contribution in [3.8, 4) is 5.75 Å². The maximum Gasteiger partial charge on any atom is 0.242 e. The quantitative estimate of drug-likeness (QED) is 0.609. The van der Waals surface area contributed by atoms with Crippen LogP contribution in [-0.4, -0.2) is 42.7 Å². The normalized spacial score (nSPS) is 11.6. The van der Waals surface area contributed by atoms with Crippen LogP contribution in [-0.2, 0) is 21.9 Å². The number of methoxy groups -OCH3 is 1. The van der Waals surface area contributed by atoms with Crippen molar-refractivity contribution in [2.24, 2.45) is 0 Å². The summed E-state index contributed by atoms with van der Waals surface area (Å²) in [5.41, 5.74) is 1.83. The predicted molar refractivity (Wildman–Crippen MR) is 120 cm³/mol. The van der Waals surface area contributed by atoms with E-state index >= 15 is 0 Å². The fraction of sp³-hybridized carbons (Fsp3) is 0.333. The molecule has 0 spiro atoms. The summed E-state index contributed by atoms with van der Waals surface area (Å²) in [7, 11) is 3.17. The number of ether oxygens (including phenoxy) is 1. The first-order valence-electron chi connectivity index (χ1n) is 9.01. The van der Waals surface area contributed by atoms with Gasteiger partial charge in [0.25, 0.3) is 0 Å². The molecule has 0 radical (unpaired) electrons. The first-order valence-corrected chi connectivity index (χ1v) is 10.9. The second-order valence-corrected chi connectivity index (χ2v) is 8.22. The van der Waals surface area contributed by atoms with Gasteiger partial charge in [0.1, 0.15) is 11.8 Å². The molecule has 1 atom stereocenters. The van der Waals surface area contributed by atoms with E-state index in [1.807, 2.05) is 24.3 Å². The number of hydrogen-bond acceptors (Lipinski definition) is 4. The van der Waals surface area contributed by atoms with Crippen molar-refractivity contribution in [3.05, 3.63) is 63.6 Å². The fourth-order valence-corrected chi connectivity index (χ4v) is 4.02. The summed E-state index contributed by atoms with van der Waals surface area (Å²) in [6.45, 7) is 1.93. The average molecular weight is 455 g/mol. The zero-order valence-corrected chi connectivity index (χ0v) is 18.9. The molecule has 8 heteroatoms. The summed E-state index contributed by atoms with van der Waals surface area (Å²) < 4.78 is 5.15. The molecule has 0 fully saturated rings. The molecule has 29 heavy (non-hydrogen) atoms. The van der Waals surface area contributed by atoms with Crippen molar-refractivity contribution in [2.75, 3.05) is 19.9 Å². The predicted octanol–water partition coefficient (Wildman–Crippen LogP) is 4.40. The standard InChI is InChI=1S/C21H24Cl2N2O3S/c1-14(21(27)24-2)25(11-16-6-7-17(22)10-19(16)23)20(26)13-29-12-15-4-8-18(28-3)9-5-15/h4-10,14H,11-13H2,1-3H3,(H,24,27)/t14-/m0/s1. The molecule has 0 aliphatic heterocycles. The second-order valence-electron chi connectivity index (χ2n) is 6.39. The number of hydrogen-bond donors (Lipinski definition) is 1. The number of rotatable bonds is 9. The Bertz CT molecular complexity index is 846. The first-order chi connectivity index (χ1) is 13.8. The number of nitrogens with one attached hydrogen (secondary N) is 1. The lowest BCUT2D eigenvalue weighted by molar-refractivity contribution is -0.138. The molecule has 156 valence electrons. The number of nitrogens with zero attached hydrogens (tertiary/aromatic N) is 1. The number of benzene rings is 2. The molecular formula is C21H24Cl2N2O3S. The van der Waals surface area contributed by atoms with Gasteiger partial charge in [0.2, 0.25) is 11.8 Å². The monoisotopic (exact) mass is 454 g/mol. The maximum atomic E-state index is 12.9.